The molecule has 14 heavy (non-hydrogen) atoms. The van der Waals surface area contributed by atoms with Crippen molar-refractivity contribution in [1.29, 1.82) is 0 Å². The highest BCUT2D eigenvalue weighted by molar-refractivity contribution is 7.08. The van der Waals surface area contributed by atoms with Crippen molar-refractivity contribution < 1.29 is 4.74 Å². The van der Waals surface area contributed by atoms with Gasteiger partial charge in [-0.3, -0.25) is 0 Å². The number of hydrogen-bond acceptors (Lipinski definition) is 2. The Hall–Kier alpha value is -0.940. The maximum Gasteiger partial charge on any atom is 0.145 e. The fourth-order valence-electron chi connectivity index (χ4n) is 1.89. The summed E-state index contributed by atoms with van der Waals surface area (Å²) < 4.78 is 5.72. The molecule has 0 saturated heterocycles. The molecule has 1 aromatic heterocycles. The Balaban J connectivity index is 1.88. The number of hydrogen-bond donors (Lipinski definition) is 0. The minimum atomic E-state index is 0.750. The summed E-state index contributed by atoms with van der Waals surface area (Å²) in [5, 5.41) is 3.95. The van der Waals surface area contributed by atoms with Crippen LogP contribution in [0, 0.1) is 18.3 Å². The third-order valence-electron chi connectivity index (χ3n) is 2.73. The lowest BCUT2D eigenvalue weighted by Crippen LogP contribution is -2.07. The quantitative estimate of drug-likeness (QED) is 0.689. The van der Waals surface area contributed by atoms with E-state index in [2.05, 4.69) is 5.92 Å². The Morgan fingerprint density at radius 2 is 2.21 bits per heavy atom. The van der Waals surface area contributed by atoms with E-state index >= 15 is 0 Å². The third-order valence-corrected chi connectivity index (χ3v) is 3.45. The van der Waals surface area contributed by atoms with Gasteiger partial charge in [-0.2, -0.15) is 0 Å². The second kappa shape index (κ2) is 4.52. The van der Waals surface area contributed by atoms with Crippen molar-refractivity contribution in [3.63, 3.8) is 0 Å². The smallest absolute Gasteiger partial charge is 0.145 e. The van der Waals surface area contributed by atoms with E-state index in [9.17, 15) is 0 Å². The van der Waals surface area contributed by atoms with Crippen molar-refractivity contribution in [1.82, 2.24) is 0 Å². The predicted octanol–water partition coefficient (Wildman–Crippen LogP) is 3.30. The molecule has 0 atom stereocenters. The summed E-state index contributed by atoms with van der Waals surface area (Å²) in [6, 6.07) is 0. The zero-order valence-electron chi connectivity index (χ0n) is 8.16. The van der Waals surface area contributed by atoms with Gasteiger partial charge in [0.25, 0.3) is 0 Å². The van der Waals surface area contributed by atoms with Gasteiger partial charge in [-0.05, 0) is 18.8 Å². The average molecular weight is 206 g/mol. The van der Waals surface area contributed by atoms with Crippen LogP contribution in [0.25, 0.3) is 0 Å². The van der Waals surface area contributed by atoms with Crippen LogP contribution in [0.2, 0.25) is 0 Å². The molecule has 0 amide bonds. The molecule has 0 aliphatic heterocycles. The first kappa shape index (κ1) is 9.61. The van der Waals surface area contributed by atoms with Crippen molar-refractivity contribution >= 4 is 11.3 Å². The number of rotatable bonds is 3. The average Bonchev–Trinajstić information content (AvgIpc) is 2.85. The molecule has 1 saturated carbocycles. The van der Waals surface area contributed by atoms with E-state index in [1.807, 2.05) is 10.8 Å². The Bertz CT molecular complexity index is 328. The summed E-state index contributed by atoms with van der Waals surface area (Å²) in [6.45, 7) is 0.839. The van der Waals surface area contributed by atoms with Gasteiger partial charge in [0.15, 0.2) is 0 Å². The van der Waals surface area contributed by atoms with Crippen LogP contribution in [0.15, 0.2) is 10.8 Å². The highest BCUT2D eigenvalue weighted by Gasteiger charge is 2.16. The maximum atomic E-state index is 5.72. The zero-order valence-corrected chi connectivity index (χ0v) is 8.98. The van der Waals surface area contributed by atoms with E-state index in [-0.39, 0.29) is 0 Å². The van der Waals surface area contributed by atoms with Gasteiger partial charge in [-0.15, -0.1) is 17.8 Å². The minimum Gasteiger partial charge on any atom is -0.491 e. The van der Waals surface area contributed by atoms with E-state index in [0.29, 0.717) is 0 Å². The summed E-state index contributed by atoms with van der Waals surface area (Å²) in [5.41, 5.74) is 0.896. The van der Waals surface area contributed by atoms with E-state index in [4.69, 9.17) is 11.2 Å². The second-order valence-electron chi connectivity index (χ2n) is 3.76. The molecule has 1 nitrogen and oxygen atoms in total. The maximum absolute atomic E-state index is 5.72. The Kier molecular flexibility index (Phi) is 3.10. The molecule has 0 unspecified atom stereocenters. The van der Waals surface area contributed by atoms with Gasteiger partial charge >= 0.3 is 0 Å². The summed E-state index contributed by atoms with van der Waals surface area (Å²) in [7, 11) is 0. The van der Waals surface area contributed by atoms with Gasteiger partial charge in [0.05, 0.1) is 12.2 Å². The Morgan fingerprint density at radius 3 is 2.93 bits per heavy atom. The molecule has 0 N–H and O–H groups in total. The Labute approximate surface area is 89.1 Å². The zero-order chi connectivity index (χ0) is 9.80. The van der Waals surface area contributed by atoms with E-state index < -0.39 is 0 Å². The van der Waals surface area contributed by atoms with Crippen LogP contribution in [0.1, 0.15) is 31.2 Å². The third kappa shape index (κ3) is 2.10. The Morgan fingerprint density at radius 1 is 1.43 bits per heavy atom. The first-order valence-corrected chi connectivity index (χ1v) is 6.00. The molecule has 2 heteroatoms. The van der Waals surface area contributed by atoms with Crippen molar-refractivity contribution in [2.75, 3.05) is 6.61 Å². The number of thiophene rings is 1. The summed E-state index contributed by atoms with van der Waals surface area (Å²) >= 11 is 1.61. The molecule has 0 radical (unpaired) electrons. The molecule has 1 aliphatic carbocycles. The number of terminal acetylenes is 1. The molecule has 1 aromatic rings. The van der Waals surface area contributed by atoms with Crippen LogP contribution in [-0.4, -0.2) is 6.61 Å². The van der Waals surface area contributed by atoms with Gasteiger partial charge in [0.1, 0.15) is 5.75 Å². The standard InChI is InChI=1S/C12H14OS/c1-2-11-8-14-9-12(11)13-7-10-5-3-4-6-10/h1,8-10H,3-7H2. The van der Waals surface area contributed by atoms with Crippen molar-refractivity contribution in [2.45, 2.75) is 25.7 Å². The van der Waals surface area contributed by atoms with E-state index in [0.717, 1.165) is 23.8 Å². The van der Waals surface area contributed by atoms with Gasteiger partial charge < -0.3 is 4.74 Å². The molecule has 0 bridgehead atoms. The first-order valence-electron chi connectivity index (χ1n) is 5.05. The molecule has 1 heterocycles. The summed E-state index contributed by atoms with van der Waals surface area (Å²) in [5.74, 6) is 4.28. The van der Waals surface area contributed by atoms with Crippen LogP contribution in [-0.2, 0) is 0 Å². The second-order valence-corrected chi connectivity index (χ2v) is 4.50. The molecular weight excluding hydrogens is 192 g/mol. The topological polar surface area (TPSA) is 9.23 Å². The van der Waals surface area contributed by atoms with Gasteiger partial charge in [0, 0.05) is 10.8 Å². The number of ether oxygens (including phenoxy) is 1. The van der Waals surface area contributed by atoms with Crippen molar-refractivity contribution in [2.24, 2.45) is 5.92 Å². The molecule has 0 aromatic carbocycles. The van der Waals surface area contributed by atoms with Gasteiger partial charge in [-0.25, -0.2) is 0 Å². The first-order chi connectivity index (χ1) is 6.90. The van der Waals surface area contributed by atoms with Crippen LogP contribution in [0.4, 0.5) is 0 Å². The lowest BCUT2D eigenvalue weighted by atomic mass is 10.1. The molecule has 74 valence electrons. The molecule has 1 aliphatic rings. The van der Waals surface area contributed by atoms with Gasteiger partial charge in [0.2, 0.25) is 0 Å². The van der Waals surface area contributed by atoms with Crippen LogP contribution >= 0.6 is 11.3 Å². The fraction of sp³-hybridized carbons (Fsp3) is 0.500. The highest BCUT2D eigenvalue weighted by atomic mass is 32.1. The summed E-state index contributed by atoms with van der Waals surface area (Å²) in [6.07, 6.45) is 10.7. The normalized spacial score (nSPS) is 16.8. The molecule has 0 spiro atoms. The lowest BCUT2D eigenvalue weighted by molar-refractivity contribution is 0.252. The van der Waals surface area contributed by atoms with Crippen LogP contribution in [0.5, 0.6) is 5.75 Å². The van der Waals surface area contributed by atoms with E-state index in [1.54, 1.807) is 11.3 Å². The van der Waals surface area contributed by atoms with Crippen molar-refractivity contribution in [3.8, 4) is 18.1 Å². The summed E-state index contributed by atoms with van der Waals surface area (Å²) in [4.78, 5) is 0. The molecule has 1 fully saturated rings. The molecule has 2 rings (SSSR count). The predicted molar refractivity (Wildman–Crippen MR) is 59.7 cm³/mol. The highest BCUT2D eigenvalue weighted by Crippen LogP contribution is 2.27. The minimum absolute atomic E-state index is 0.750. The van der Waals surface area contributed by atoms with Gasteiger partial charge in [-0.1, -0.05) is 18.8 Å². The lowest BCUT2D eigenvalue weighted by Gasteiger charge is -2.10. The van der Waals surface area contributed by atoms with E-state index in [1.165, 1.54) is 25.7 Å². The van der Waals surface area contributed by atoms with Crippen LogP contribution < -0.4 is 4.74 Å². The van der Waals surface area contributed by atoms with Crippen LogP contribution in [0.3, 0.4) is 0 Å². The largest absolute Gasteiger partial charge is 0.491 e. The fourth-order valence-corrected chi connectivity index (χ4v) is 2.59. The SMILES string of the molecule is C#Cc1cscc1OCC1CCCC1. The van der Waals surface area contributed by atoms with Crippen molar-refractivity contribution in [3.05, 3.63) is 16.3 Å². The molecular formula is C12H14OS. The monoisotopic (exact) mass is 206 g/mol.